The summed E-state index contributed by atoms with van der Waals surface area (Å²) in [7, 11) is 0. The van der Waals surface area contributed by atoms with Crippen LogP contribution in [-0.2, 0) is 0 Å². The van der Waals surface area contributed by atoms with Crippen molar-refractivity contribution in [3.63, 3.8) is 0 Å². The minimum absolute atomic E-state index is 0.158. The van der Waals surface area contributed by atoms with Gasteiger partial charge in [-0.05, 0) is 55.8 Å². The fraction of sp³-hybridized carbons (Fsp3) is 0.130. The van der Waals surface area contributed by atoms with Crippen molar-refractivity contribution in [2.24, 2.45) is 0 Å². The van der Waals surface area contributed by atoms with Crippen molar-refractivity contribution in [2.75, 3.05) is 16.8 Å². The topological polar surface area (TPSA) is 58.6 Å². The lowest BCUT2D eigenvalue weighted by molar-refractivity contribution is 0.0985. The number of amides is 2. The Hall–Kier alpha value is -3.60. The zero-order chi connectivity index (χ0) is 19.7. The van der Waals surface area contributed by atoms with E-state index in [1.807, 2.05) is 56.3 Å². The highest BCUT2D eigenvalue weighted by Gasteiger charge is 2.27. The summed E-state index contributed by atoms with van der Waals surface area (Å²) in [5.41, 5.74) is 3.19. The summed E-state index contributed by atoms with van der Waals surface area (Å²) in [6.45, 7) is 4.32. The molecule has 0 aromatic heterocycles. The molecule has 0 saturated heterocycles. The third-order valence-electron chi connectivity index (χ3n) is 4.79. The molecule has 0 spiro atoms. The fourth-order valence-corrected chi connectivity index (χ4v) is 3.34. The standard InChI is InChI=1S/C23H20N2O3/c1-3-25-19-10-6-7-11-21(19)28-20-13-12-16(14-18(20)23(25)27)24-22(26)17-9-5-4-8-15(17)2/h4-14H,3H2,1-2H3,(H,24,26). The van der Waals surface area contributed by atoms with Crippen LogP contribution in [0.25, 0.3) is 0 Å². The first-order valence-corrected chi connectivity index (χ1v) is 9.18. The second-order valence-electron chi connectivity index (χ2n) is 6.60. The number of benzene rings is 3. The minimum Gasteiger partial charge on any atom is -0.454 e. The molecule has 3 aromatic rings. The molecule has 1 aliphatic heterocycles. The van der Waals surface area contributed by atoms with Crippen LogP contribution in [0.2, 0.25) is 0 Å². The van der Waals surface area contributed by atoms with Crippen LogP contribution >= 0.6 is 0 Å². The second kappa shape index (κ2) is 7.19. The maximum atomic E-state index is 13.1. The number of para-hydroxylation sites is 2. The van der Waals surface area contributed by atoms with Gasteiger partial charge >= 0.3 is 0 Å². The zero-order valence-corrected chi connectivity index (χ0v) is 15.7. The van der Waals surface area contributed by atoms with Gasteiger partial charge in [0.1, 0.15) is 5.75 Å². The van der Waals surface area contributed by atoms with Crippen LogP contribution in [0.15, 0.2) is 66.7 Å². The van der Waals surface area contributed by atoms with Gasteiger partial charge in [0.15, 0.2) is 5.75 Å². The Morgan fingerprint density at radius 1 is 1.00 bits per heavy atom. The summed E-state index contributed by atoms with van der Waals surface area (Å²) in [5.74, 6) is 0.737. The third kappa shape index (κ3) is 3.11. The average molecular weight is 372 g/mol. The van der Waals surface area contributed by atoms with Crippen molar-refractivity contribution in [1.29, 1.82) is 0 Å². The first-order chi connectivity index (χ1) is 13.6. The molecule has 5 nitrogen and oxygen atoms in total. The number of nitrogens with one attached hydrogen (secondary N) is 1. The average Bonchev–Trinajstić information content (AvgIpc) is 2.82. The number of ether oxygens (including phenoxy) is 1. The van der Waals surface area contributed by atoms with E-state index in [1.54, 1.807) is 29.2 Å². The van der Waals surface area contributed by atoms with Crippen LogP contribution < -0.4 is 15.0 Å². The van der Waals surface area contributed by atoms with Gasteiger partial charge in [0.25, 0.3) is 11.8 Å². The van der Waals surface area contributed by atoms with E-state index < -0.39 is 0 Å². The van der Waals surface area contributed by atoms with Crippen LogP contribution in [-0.4, -0.2) is 18.4 Å². The van der Waals surface area contributed by atoms with Crippen molar-refractivity contribution in [3.8, 4) is 11.5 Å². The Labute approximate surface area is 163 Å². The second-order valence-corrected chi connectivity index (χ2v) is 6.60. The maximum Gasteiger partial charge on any atom is 0.262 e. The zero-order valence-electron chi connectivity index (χ0n) is 15.7. The molecule has 1 N–H and O–H groups in total. The van der Waals surface area contributed by atoms with Crippen LogP contribution in [0, 0.1) is 6.92 Å². The molecule has 1 aliphatic rings. The summed E-state index contributed by atoms with van der Waals surface area (Å²) in [4.78, 5) is 27.4. The Bertz CT molecular complexity index is 1070. The number of hydrogen-bond donors (Lipinski definition) is 1. The highest BCUT2D eigenvalue weighted by atomic mass is 16.5. The van der Waals surface area contributed by atoms with Gasteiger partial charge in [0, 0.05) is 17.8 Å². The number of carbonyl (C=O) groups is 2. The lowest BCUT2D eigenvalue weighted by Crippen LogP contribution is -2.29. The molecule has 28 heavy (non-hydrogen) atoms. The smallest absolute Gasteiger partial charge is 0.262 e. The Morgan fingerprint density at radius 3 is 2.54 bits per heavy atom. The molecule has 0 aliphatic carbocycles. The molecule has 5 heteroatoms. The van der Waals surface area contributed by atoms with E-state index >= 15 is 0 Å². The molecule has 3 aromatic carbocycles. The number of aryl methyl sites for hydroxylation is 1. The van der Waals surface area contributed by atoms with E-state index in [1.165, 1.54) is 0 Å². The van der Waals surface area contributed by atoms with E-state index in [0.717, 1.165) is 11.3 Å². The monoisotopic (exact) mass is 372 g/mol. The molecule has 0 fully saturated rings. The molecule has 1 heterocycles. The predicted octanol–water partition coefficient (Wildman–Crippen LogP) is 5.02. The first kappa shape index (κ1) is 17.8. The van der Waals surface area contributed by atoms with Crippen molar-refractivity contribution < 1.29 is 14.3 Å². The number of nitrogens with zero attached hydrogens (tertiary/aromatic N) is 1. The van der Waals surface area contributed by atoms with E-state index in [-0.39, 0.29) is 11.8 Å². The molecule has 140 valence electrons. The van der Waals surface area contributed by atoms with Crippen molar-refractivity contribution in [2.45, 2.75) is 13.8 Å². The maximum absolute atomic E-state index is 13.1. The summed E-state index contributed by atoms with van der Waals surface area (Å²) in [6, 6.07) is 20.0. The molecule has 0 radical (unpaired) electrons. The lowest BCUT2D eigenvalue weighted by Gasteiger charge is -2.19. The fourth-order valence-electron chi connectivity index (χ4n) is 3.34. The number of carbonyl (C=O) groups excluding carboxylic acids is 2. The quantitative estimate of drug-likeness (QED) is 0.702. The minimum atomic E-state index is -0.212. The number of hydrogen-bond acceptors (Lipinski definition) is 3. The Morgan fingerprint density at radius 2 is 1.75 bits per heavy atom. The molecule has 4 rings (SSSR count). The molecule has 0 unspecified atom stereocenters. The van der Waals surface area contributed by atoms with Gasteiger partial charge in [-0.15, -0.1) is 0 Å². The molecule has 0 saturated carbocycles. The Kier molecular flexibility index (Phi) is 4.57. The van der Waals surface area contributed by atoms with Crippen molar-refractivity contribution >= 4 is 23.2 Å². The van der Waals surface area contributed by atoms with Gasteiger partial charge in [0.05, 0.1) is 11.3 Å². The van der Waals surface area contributed by atoms with Crippen LogP contribution in [0.3, 0.4) is 0 Å². The van der Waals surface area contributed by atoms with Crippen LogP contribution in [0.5, 0.6) is 11.5 Å². The van der Waals surface area contributed by atoms with Gasteiger partial charge in [0.2, 0.25) is 0 Å². The molecular weight excluding hydrogens is 352 g/mol. The molecule has 0 atom stereocenters. The van der Waals surface area contributed by atoms with Gasteiger partial charge in [-0.2, -0.15) is 0 Å². The lowest BCUT2D eigenvalue weighted by atomic mass is 10.1. The predicted molar refractivity (Wildman–Crippen MR) is 109 cm³/mol. The highest BCUT2D eigenvalue weighted by Crippen LogP contribution is 2.39. The van der Waals surface area contributed by atoms with E-state index in [9.17, 15) is 9.59 Å². The highest BCUT2D eigenvalue weighted by molar-refractivity contribution is 6.11. The summed E-state index contributed by atoms with van der Waals surface area (Å²) >= 11 is 0. The number of fused-ring (bicyclic) bond motifs is 2. The summed E-state index contributed by atoms with van der Waals surface area (Å²) in [5, 5.41) is 2.88. The van der Waals surface area contributed by atoms with Gasteiger partial charge < -0.3 is 15.0 Å². The van der Waals surface area contributed by atoms with Gasteiger partial charge in [-0.3, -0.25) is 9.59 Å². The Balaban J connectivity index is 1.69. The van der Waals surface area contributed by atoms with Crippen molar-refractivity contribution in [3.05, 3.63) is 83.4 Å². The third-order valence-corrected chi connectivity index (χ3v) is 4.79. The van der Waals surface area contributed by atoms with Crippen molar-refractivity contribution in [1.82, 2.24) is 0 Å². The molecular formula is C23H20N2O3. The summed E-state index contributed by atoms with van der Waals surface area (Å²) < 4.78 is 5.99. The van der Waals surface area contributed by atoms with E-state index in [0.29, 0.717) is 34.9 Å². The largest absolute Gasteiger partial charge is 0.454 e. The summed E-state index contributed by atoms with van der Waals surface area (Å²) in [6.07, 6.45) is 0. The first-order valence-electron chi connectivity index (χ1n) is 9.18. The number of rotatable bonds is 3. The number of anilines is 2. The van der Waals surface area contributed by atoms with Crippen LogP contribution in [0.1, 0.15) is 33.2 Å². The SMILES string of the molecule is CCN1C(=O)c2cc(NC(=O)c3ccccc3C)ccc2Oc2ccccc21. The molecule has 2 amide bonds. The van der Waals surface area contributed by atoms with Gasteiger partial charge in [-0.1, -0.05) is 30.3 Å². The van der Waals surface area contributed by atoms with E-state index in [2.05, 4.69) is 5.32 Å². The van der Waals surface area contributed by atoms with Crippen LogP contribution in [0.4, 0.5) is 11.4 Å². The van der Waals surface area contributed by atoms with Gasteiger partial charge in [-0.25, -0.2) is 0 Å². The normalized spacial score (nSPS) is 12.5. The van der Waals surface area contributed by atoms with E-state index in [4.69, 9.17) is 4.74 Å². The molecule has 0 bridgehead atoms.